The van der Waals surface area contributed by atoms with Crippen LogP contribution in [0.5, 0.6) is 0 Å². The van der Waals surface area contributed by atoms with Crippen LogP contribution in [0.3, 0.4) is 0 Å². The molecular formula is C17H22N4O3S. The first-order valence-corrected chi connectivity index (χ1v) is 9.49. The van der Waals surface area contributed by atoms with Gasteiger partial charge in [0.25, 0.3) is 0 Å². The summed E-state index contributed by atoms with van der Waals surface area (Å²) in [4.78, 5) is 19.7. The summed E-state index contributed by atoms with van der Waals surface area (Å²) >= 11 is 1.67. The molecule has 0 bridgehead atoms. The Labute approximate surface area is 150 Å². The fourth-order valence-electron chi connectivity index (χ4n) is 3.99. The second-order valence-corrected chi connectivity index (χ2v) is 7.81. The Morgan fingerprint density at radius 2 is 2.32 bits per heavy atom. The third-order valence-electron chi connectivity index (χ3n) is 5.30. The minimum atomic E-state index is -0.0248. The normalized spacial score (nSPS) is 23.1. The van der Waals surface area contributed by atoms with Crippen molar-refractivity contribution in [3.05, 3.63) is 34.6 Å². The molecule has 1 spiro atoms. The van der Waals surface area contributed by atoms with Crippen LogP contribution in [0.25, 0.3) is 0 Å². The molecule has 4 rings (SSSR count). The summed E-state index contributed by atoms with van der Waals surface area (Å²) in [7, 11) is 0. The number of amides is 1. The average molecular weight is 362 g/mol. The minimum Gasteiger partial charge on any atom is -0.381 e. The molecule has 2 saturated heterocycles. The van der Waals surface area contributed by atoms with Gasteiger partial charge in [0.05, 0.1) is 19.0 Å². The number of likely N-dealkylation sites (tertiary alicyclic amines) is 1. The first kappa shape index (κ1) is 16.7. The fourth-order valence-corrected chi connectivity index (χ4v) is 4.65. The molecule has 0 radical (unpaired) electrons. The summed E-state index contributed by atoms with van der Waals surface area (Å²) in [6.07, 6.45) is 5.22. The van der Waals surface area contributed by atoms with Crippen LogP contribution in [0.4, 0.5) is 0 Å². The van der Waals surface area contributed by atoms with E-state index in [0.717, 1.165) is 56.4 Å². The summed E-state index contributed by atoms with van der Waals surface area (Å²) in [5.41, 5.74) is 0.746. The summed E-state index contributed by atoms with van der Waals surface area (Å²) < 4.78 is 10.4. The van der Waals surface area contributed by atoms with E-state index in [1.54, 1.807) is 17.4 Å². The lowest BCUT2D eigenvalue weighted by Gasteiger charge is -2.37. The molecule has 8 heteroatoms. The molecule has 0 aliphatic carbocycles. The lowest BCUT2D eigenvalue weighted by molar-refractivity contribution is -0.130. The lowest BCUT2D eigenvalue weighted by Crippen LogP contribution is -2.44. The lowest BCUT2D eigenvalue weighted by atomic mass is 9.72. The zero-order valence-corrected chi connectivity index (χ0v) is 14.8. The first-order chi connectivity index (χ1) is 12.3. The molecule has 1 N–H and O–H groups in total. The number of thiazole rings is 1. The van der Waals surface area contributed by atoms with E-state index in [1.807, 2.05) is 11.6 Å². The second kappa shape index (κ2) is 7.23. The van der Waals surface area contributed by atoms with Gasteiger partial charge in [0.15, 0.2) is 0 Å². The van der Waals surface area contributed by atoms with Gasteiger partial charge in [-0.05, 0) is 12.8 Å². The standard InChI is InChI=1S/C17H22N4O3S/c22-16(19-9-13-1-5-24-20-13)14-10-21(11-15-18-4-8-25-15)12-17(14)2-6-23-7-3-17/h1,4-5,8,14H,2-3,6-7,9-12H2,(H,19,22). The van der Waals surface area contributed by atoms with E-state index in [1.165, 1.54) is 6.26 Å². The number of nitrogens with zero attached hydrogens (tertiary/aromatic N) is 3. The fraction of sp³-hybridized carbons (Fsp3) is 0.588. The zero-order chi connectivity index (χ0) is 17.1. The van der Waals surface area contributed by atoms with Crippen molar-refractivity contribution in [2.45, 2.75) is 25.9 Å². The summed E-state index contributed by atoms with van der Waals surface area (Å²) in [5, 5.41) is 9.99. The van der Waals surface area contributed by atoms with Crippen LogP contribution in [0, 0.1) is 11.3 Å². The van der Waals surface area contributed by atoms with Crippen molar-refractivity contribution in [2.75, 3.05) is 26.3 Å². The highest BCUT2D eigenvalue weighted by atomic mass is 32.1. The predicted octanol–water partition coefficient (Wildman–Crippen LogP) is 1.68. The van der Waals surface area contributed by atoms with Gasteiger partial charge < -0.3 is 14.6 Å². The van der Waals surface area contributed by atoms with Gasteiger partial charge in [-0.1, -0.05) is 5.16 Å². The van der Waals surface area contributed by atoms with E-state index in [-0.39, 0.29) is 17.2 Å². The Kier molecular flexibility index (Phi) is 4.82. The van der Waals surface area contributed by atoms with Crippen LogP contribution in [0.1, 0.15) is 23.5 Å². The molecule has 1 unspecified atom stereocenters. The largest absolute Gasteiger partial charge is 0.381 e. The Balaban J connectivity index is 1.45. The van der Waals surface area contributed by atoms with Gasteiger partial charge >= 0.3 is 0 Å². The molecule has 7 nitrogen and oxygen atoms in total. The molecular weight excluding hydrogens is 340 g/mol. The third kappa shape index (κ3) is 3.61. The summed E-state index contributed by atoms with van der Waals surface area (Å²) in [5.74, 6) is 0.0785. The Morgan fingerprint density at radius 1 is 1.44 bits per heavy atom. The molecule has 2 aliphatic rings. The van der Waals surface area contributed by atoms with Gasteiger partial charge in [-0.25, -0.2) is 4.98 Å². The van der Waals surface area contributed by atoms with Crippen molar-refractivity contribution in [1.29, 1.82) is 0 Å². The smallest absolute Gasteiger partial charge is 0.225 e. The van der Waals surface area contributed by atoms with Crippen LogP contribution in [-0.2, 0) is 22.6 Å². The minimum absolute atomic E-state index is 0.00339. The van der Waals surface area contributed by atoms with E-state index < -0.39 is 0 Å². The maximum Gasteiger partial charge on any atom is 0.225 e. The molecule has 134 valence electrons. The maximum absolute atomic E-state index is 12.9. The van der Waals surface area contributed by atoms with Crippen LogP contribution in [-0.4, -0.2) is 47.3 Å². The Bertz CT molecular complexity index is 683. The van der Waals surface area contributed by atoms with E-state index in [4.69, 9.17) is 9.26 Å². The van der Waals surface area contributed by atoms with Crippen molar-refractivity contribution in [2.24, 2.45) is 11.3 Å². The molecule has 2 aromatic heterocycles. The third-order valence-corrected chi connectivity index (χ3v) is 6.07. The average Bonchev–Trinajstić information content (AvgIpc) is 3.36. The molecule has 2 aliphatic heterocycles. The Hall–Kier alpha value is -1.77. The predicted molar refractivity (Wildman–Crippen MR) is 91.7 cm³/mol. The van der Waals surface area contributed by atoms with Gasteiger partial charge in [-0.15, -0.1) is 11.3 Å². The molecule has 0 aromatic carbocycles. The van der Waals surface area contributed by atoms with Crippen LogP contribution in [0.15, 0.2) is 28.4 Å². The molecule has 2 aromatic rings. The summed E-state index contributed by atoms with van der Waals surface area (Å²) in [6.45, 7) is 4.39. The van der Waals surface area contributed by atoms with Crippen molar-refractivity contribution in [3.8, 4) is 0 Å². The van der Waals surface area contributed by atoms with Gasteiger partial charge in [0, 0.05) is 49.4 Å². The van der Waals surface area contributed by atoms with Gasteiger partial charge in [0.2, 0.25) is 5.91 Å². The summed E-state index contributed by atoms with van der Waals surface area (Å²) in [6, 6.07) is 1.77. The molecule has 4 heterocycles. The Morgan fingerprint density at radius 3 is 3.04 bits per heavy atom. The topological polar surface area (TPSA) is 80.5 Å². The number of ether oxygens (including phenoxy) is 1. The highest BCUT2D eigenvalue weighted by molar-refractivity contribution is 7.09. The molecule has 1 atom stereocenters. The number of carbonyl (C=O) groups is 1. The van der Waals surface area contributed by atoms with Crippen molar-refractivity contribution < 1.29 is 14.1 Å². The molecule has 25 heavy (non-hydrogen) atoms. The van der Waals surface area contributed by atoms with Gasteiger partial charge in [-0.3, -0.25) is 9.69 Å². The van der Waals surface area contributed by atoms with Crippen molar-refractivity contribution in [1.82, 2.24) is 20.4 Å². The maximum atomic E-state index is 12.9. The quantitative estimate of drug-likeness (QED) is 0.872. The number of rotatable bonds is 5. The van der Waals surface area contributed by atoms with E-state index >= 15 is 0 Å². The van der Waals surface area contributed by atoms with Gasteiger partial charge in [-0.2, -0.15) is 0 Å². The van der Waals surface area contributed by atoms with Crippen LogP contribution in [0.2, 0.25) is 0 Å². The van der Waals surface area contributed by atoms with Crippen LogP contribution >= 0.6 is 11.3 Å². The van der Waals surface area contributed by atoms with Crippen LogP contribution < -0.4 is 5.32 Å². The number of hydrogen-bond donors (Lipinski definition) is 1. The molecule has 0 saturated carbocycles. The van der Waals surface area contributed by atoms with E-state index in [9.17, 15) is 4.79 Å². The number of aromatic nitrogens is 2. The van der Waals surface area contributed by atoms with Crippen molar-refractivity contribution in [3.63, 3.8) is 0 Å². The highest BCUT2D eigenvalue weighted by Crippen LogP contribution is 2.44. The zero-order valence-electron chi connectivity index (χ0n) is 14.0. The second-order valence-electron chi connectivity index (χ2n) is 6.83. The highest BCUT2D eigenvalue weighted by Gasteiger charge is 2.50. The van der Waals surface area contributed by atoms with E-state index in [0.29, 0.717) is 6.54 Å². The van der Waals surface area contributed by atoms with E-state index in [2.05, 4.69) is 20.4 Å². The number of carbonyl (C=O) groups excluding carboxylic acids is 1. The number of nitrogens with one attached hydrogen (secondary N) is 1. The monoisotopic (exact) mass is 362 g/mol. The molecule has 2 fully saturated rings. The number of hydrogen-bond acceptors (Lipinski definition) is 7. The SMILES string of the molecule is O=C(NCc1ccon1)C1CN(Cc2nccs2)CC12CCOCC2. The van der Waals surface area contributed by atoms with Crippen molar-refractivity contribution >= 4 is 17.2 Å². The molecule has 1 amide bonds. The first-order valence-electron chi connectivity index (χ1n) is 8.61. The van der Waals surface area contributed by atoms with Gasteiger partial charge in [0.1, 0.15) is 17.0 Å².